The Morgan fingerprint density at radius 3 is 2.63 bits per heavy atom. The maximum atomic E-state index is 12.2. The van der Waals surface area contributed by atoms with Gasteiger partial charge in [-0.1, -0.05) is 26.0 Å². The lowest BCUT2D eigenvalue weighted by Crippen LogP contribution is -2.34. The Labute approximate surface area is 115 Å². The molecular formula is C15H24N2O2. The standard InChI is InChI=1S/C15H24N2O2/c1-10(2)13(16)8-9-17(4)15(19)12-7-5-6-11(3)14(12)18/h5-7,10,13,18H,8-9,16H2,1-4H3. The molecule has 0 saturated heterocycles. The Kier molecular flexibility index (Phi) is 5.36. The number of nitrogens with two attached hydrogens (primary N) is 1. The van der Waals surface area contributed by atoms with Crippen LogP contribution in [-0.4, -0.2) is 35.5 Å². The van der Waals surface area contributed by atoms with Gasteiger partial charge in [-0.3, -0.25) is 4.79 Å². The lowest BCUT2D eigenvalue weighted by atomic mass is 10.0. The molecule has 0 aromatic heterocycles. The molecule has 4 heteroatoms. The van der Waals surface area contributed by atoms with E-state index in [0.29, 0.717) is 23.6 Å². The van der Waals surface area contributed by atoms with Crippen LogP contribution in [0.1, 0.15) is 36.2 Å². The van der Waals surface area contributed by atoms with Crippen LogP contribution < -0.4 is 5.73 Å². The average Bonchev–Trinajstić information content (AvgIpc) is 2.37. The molecule has 0 aliphatic carbocycles. The quantitative estimate of drug-likeness (QED) is 0.856. The minimum atomic E-state index is -0.169. The van der Waals surface area contributed by atoms with E-state index in [9.17, 15) is 9.90 Å². The van der Waals surface area contributed by atoms with Crippen LogP contribution in [0.25, 0.3) is 0 Å². The van der Waals surface area contributed by atoms with Crippen molar-refractivity contribution in [2.75, 3.05) is 13.6 Å². The molecule has 0 bridgehead atoms. The highest BCUT2D eigenvalue weighted by molar-refractivity contribution is 5.97. The smallest absolute Gasteiger partial charge is 0.257 e. The first-order valence-corrected chi connectivity index (χ1v) is 6.64. The van der Waals surface area contributed by atoms with Gasteiger partial charge in [0.15, 0.2) is 0 Å². The molecule has 0 spiro atoms. The van der Waals surface area contributed by atoms with E-state index in [0.717, 1.165) is 6.42 Å². The van der Waals surface area contributed by atoms with Crippen LogP contribution in [0.2, 0.25) is 0 Å². The molecule has 0 aliphatic rings. The van der Waals surface area contributed by atoms with Gasteiger partial charge in [-0.25, -0.2) is 0 Å². The van der Waals surface area contributed by atoms with Crippen molar-refractivity contribution in [3.8, 4) is 5.75 Å². The Morgan fingerprint density at radius 2 is 2.05 bits per heavy atom. The lowest BCUT2D eigenvalue weighted by molar-refractivity contribution is 0.0786. The number of nitrogens with zero attached hydrogens (tertiary/aromatic N) is 1. The Morgan fingerprint density at radius 1 is 1.42 bits per heavy atom. The van der Waals surface area contributed by atoms with Crippen molar-refractivity contribution in [2.24, 2.45) is 11.7 Å². The van der Waals surface area contributed by atoms with Gasteiger partial charge in [0, 0.05) is 19.6 Å². The number of aryl methyl sites for hydroxylation is 1. The molecule has 106 valence electrons. The number of hydrogen-bond acceptors (Lipinski definition) is 3. The topological polar surface area (TPSA) is 66.6 Å². The summed E-state index contributed by atoms with van der Waals surface area (Å²) in [5, 5.41) is 9.91. The number of phenolic OH excluding ortho intramolecular Hbond substituents is 1. The third-order valence-corrected chi connectivity index (χ3v) is 3.47. The van der Waals surface area contributed by atoms with Gasteiger partial charge < -0.3 is 15.7 Å². The third-order valence-electron chi connectivity index (χ3n) is 3.47. The van der Waals surface area contributed by atoms with Crippen molar-refractivity contribution in [3.63, 3.8) is 0 Å². The molecule has 3 N–H and O–H groups in total. The van der Waals surface area contributed by atoms with E-state index in [1.165, 1.54) is 0 Å². The molecule has 19 heavy (non-hydrogen) atoms. The van der Waals surface area contributed by atoms with Crippen LogP contribution in [0, 0.1) is 12.8 Å². The van der Waals surface area contributed by atoms with E-state index in [1.807, 2.05) is 0 Å². The summed E-state index contributed by atoms with van der Waals surface area (Å²) in [6, 6.07) is 5.28. The summed E-state index contributed by atoms with van der Waals surface area (Å²) in [6.45, 7) is 6.50. The van der Waals surface area contributed by atoms with E-state index >= 15 is 0 Å². The first-order chi connectivity index (χ1) is 8.84. The molecule has 1 aromatic carbocycles. The van der Waals surface area contributed by atoms with Crippen molar-refractivity contribution >= 4 is 5.91 Å². The first-order valence-electron chi connectivity index (χ1n) is 6.64. The molecule has 4 nitrogen and oxygen atoms in total. The highest BCUT2D eigenvalue weighted by atomic mass is 16.3. The number of para-hydroxylation sites is 1. The van der Waals surface area contributed by atoms with Crippen LogP contribution >= 0.6 is 0 Å². The highest BCUT2D eigenvalue weighted by Gasteiger charge is 2.17. The van der Waals surface area contributed by atoms with Crippen LogP contribution in [0.4, 0.5) is 0 Å². The zero-order valence-corrected chi connectivity index (χ0v) is 12.2. The fraction of sp³-hybridized carbons (Fsp3) is 0.533. The van der Waals surface area contributed by atoms with Gasteiger partial charge in [0.1, 0.15) is 5.75 Å². The normalized spacial score (nSPS) is 12.5. The van der Waals surface area contributed by atoms with Crippen molar-refractivity contribution in [3.05, 3.63) is 29.3 Å². The van der Waals surface area contributed by atoms with Crippen LogP contribution in [0.15, 0.2) is 18.2 Å². The van der Waals surface area contributed by atoms with Crippen LogP contribution in [0.3, 0.4) is 0 Å². The fourth-order valence-corrected chi connectivity index (χ4v) is 1.81. The summed E-state index contributed by atoms with van der Waals surface area (Å²) < 4.78 is 0. The number of hydrogen-bond donors (Lipinski definition) is 2. The van der Waals surface area contributed by atoms with Gasteiger partial charge in [-0.2, -0.15) is 0 Å². The van der Waals surface area contributed by atoms with E-state index in [-0.39, 0.29) is 17.7 Å². The zero-order chi connectivity index (χ0) is 14.6. The molecule has 1 unspecified atom stereocenters. The number of carbonyl (C=O) groups excluding carboxylic acids is 1. The zero-order valence-electron chi connectivity index (χ0n) is 12.2. The molecule has 0 aliphatic heterocycles. The van der Waals surface area contributed by atoms with E-state index in [1.54, 1.807) is 37.1 Å². The second kappa shape index (κ2) is 6.57. The maximum absolute atomic E-state index is 12.2. The minimum Gasteiger partial charge on any atom is -0.507 e. The summed E-state index contributed by atoms with van der Waals surface area (Å²) >= 11 is 0. The number of amides is 1. The lowest BCUT2D eigenvalue weighted by Gasteiger charge is -2.22. The van der Waals surface area contributed by atoms with E-state index < -0.39 is 0 Å². The number of rotatable bonds is 5. The monoisotopic (exact) mass is 264 g/mol. The molecule has 1 atom stereocenters. The summed E-state index contributed by atoms with van der Waals surface area (Å²) in [7, 11) is 1.73. The van der Waals surface area contributed by atoms with Gasteiger partial charge >= 0.3 is 0 Å². The van der Waals surface area contributed by atoms with Crippen molar-refractivity contribution < 1.29 is 9.90 Å². The largest absolute Gasteiger partial charge is 0.507 e. The molecule has 1 aromatic rings. The summed E-state index contributed by atoms with van der Waals surface area (Å²) in [5.74, 6) is 0.292. The molecule has 0 fully saturated rings. The van der Waals surface area contributed by atoms with Crippen molar-refractivity contribution in [1.29, 1.82) is 0 Å². The SMILES string of the molecule is Cc1cccc(C(=O)N(C)CCC(N)C(C)C)c1O. The number of aromatic hydroxyl groups is 1. The van der Waals surface area contributed by atoms with E-state index in [4.69, 9.17) is 5.73 Å². The van der Waals surface area contributed by atoms with Crippen molar-refractivity contribution in [1.82, 2.24) is 4.90 Å². The summed E-state index contributed by atoms with van der Waals surface area (Å²) in [5.41, 5.74) is 7.02. The van der Waals surface area contributed by atoms with E-state index in [2.05, 4.69) is 13.8 Å². The molecule has 0 radical (unpaired) electrons. The van der Waals surface area contributed by atoms with Crippen molar-refractivity contribution in [2.45, 2.75) is 33.2 Å². The second-order valence-corrected chi connectivity index (χ2v) is 5.39. The molecule has 1 amide bonds. The Hall–Kier alpha value is -1.55. The van der Waals surface area contributed by atoms with Crippen LogP contribution in [0.5, 0.6) is 5.75 Å². The summed E-state index contributed by atoms with van der Waals surface area (Å²) in [6.07, 6.45) is 0.756. The predicted molar refractivity (Wildman–Crippen MR) is 77.2 cm³/mol. The van der Waals surface area contributed by atoms with Gasteiger partial charge in [0.25, 0.3) is 5.91 Å². The fourth-order valence-electron chi connectivity index (χ4n) is 1.81. The maximum Gasteiger partial charge on any atom is 0.257 e. The van der Waals surface area contributed by atoms with Gasteiger partial charge in [0.05, 0.1) is 5.56 Å². The molecule has 1 rings (SSSR count). The van der Waals surface area contributed by atoms with Gasteiger partial charge in [-0.05, 0) is 30.9 Å². The van der Waals surface area contributed by atoms with Gasteiger partial charge in [0.2, 0.25) is 0 Å². The predicted octanol–water partition coefficient (Wildman–Crippen LogP) is 2.15. The number of benzene rings is 1. The van der Waals surface area contributed by atoms with Crippen LogP contribution in [-0.2, 0) is 0 Å². The highest BCUT2D eigenvalue weighted by Crippen LogP contribution is 2.22. The average molecular weight is 264 g/mol. The molecule has 0 saturated carbocycles. The molecular weight excluding hydrogens is 240 g/mol. The minimum absolute atomic E-state index is 0.0625. The second-order valence-electron chi connectivity index (χ2n) is 5.39. The number of carbonyl (C=O) groups is 1. The Balaban J connectivity index is 2.69. The Bertz CT molecular complexity index is 444. The molecule has 0 heterocycles. The number of phenols is 1. The summed E-state index contributed by atoms with van der Waals surface area (Å²) in [4.78, 5) is 13.8. The van der Waals surface area contributed by atoms with Gasteiger partial charge in [-0.15, -0.1) is 0 Å². The first kappa shape index (κ1) is 15.5. The third kappa shape index (κ3) is 3.96.